The van der Waals surface area contributed by atoms with Crippen LogP contribution in [0.1, 0.15) is 18.6 Å². The van der Waals surface area contributed by atoms with Crippen molar-refractivity contribution in [1.29, 1.82) is 0 Å². The minimum absolute atomic E-state index is 0.215. The molecule has 0 fully saturated rings. The Balaban J connectivity index is 2.50. The molecule has 0 aromatic heterocycles. The van der Waals surface area contributed by atoms with E-state index in [4.69, 9.17) is 15.3 Å². The van der Waals surface area contributed by atoms with Gasteiger partial charge in [-0.25, -0.2) is 0 Å². The van der Waals surface area contributed by atoms with Crippen molar-refractivity contribution in [1.82, 2.24) is 5.48 Å². The number of nitrogens with two attached hydrogens (primary N) is 1. The molecule has 86 valence electrons. The van der Waals surface area contributed by atoms with E-state index in [1.807, 2.05) is 25.1 Å². The first-order valence-electron chi connectivity index (χ1n) is 4.85. The van der Waals surface area contributed by atoms with Crippen molar-refractivity contribution in [2.75, 3.05) is 12.8 Å². The Bertz CT molecular complexity index is 446. The molecule has 3 N–H and O–H groups in total. The maximum Gasteiger partial charge on any atom is 0.141 e. The first kappa shape index (κ1) is 11.3. The normalized spacial score (nSPS) is 19.2. The van der Waals surface area contributed by atoms with E-state index in [9.17, 15) is 0 Å². The molecule has 0 aliphatic carbocycles. The van der Waals surface area contributed by atoms with E-state index < -0.39 is 0 Å². The van der Waals surface area contributed by atoms with Crippen molar-refractivity contribution >= 4 is 21.6 Å². The average Bonchev–Trinajstić information content (AvgIpc) is 2.67. The number of benzene rings is 1. The molecule has 16 heavy (non-hydrogen) atoms. The fourth-order valence-corrected chi connectivity index (χ4v) is 2.19. The van der Waals surface area contributed by atoms with Gasteiger partial charge in [0.25, 0.3) is 0 Å². The molecule has 1 aromatic carbocycles. The van der Waals surface area contributed by atoms with Crippen LogP contribution in [0.4, 0.5) is 5.69 Å². The highest BCUT2D eigenvalue weighted by Crippen LogP contribution is 2.40. The third kappa shape index (κ3) is 1.88. The Hall–Kier alpha value is -1.20. The topological polar surface area (TPSA) is 56.5 Å². The highest BCUT2D eigenvalue weighted by Gasteiger charge is 2.24. The molecule has 1 unspecified atom stereocenters. The summed E-state index contributed by atoms with van der Waals surface area (Å²) >= 11 is 3.43. The molecule has 0 bridgehead atoms. The van der Waals surface area contributed by atoms with Gasteiger partial charge in [-0.05, 0) is 41.1 Å². The van der Waals surface area contributed by atoms with Gasteiger partial charge in [0.15, 0.2) is 0 Å². The van der Waals surface area contributed by atoms with Crippen LogP contribution >= 0.6 is 15.9 Å². The number of hydrogen-bond acceptors (Lipinski definition) is 4. The van der Waals surface area contributed by atoms with Gasteiger partial charge in [-0.15, -0.1) is 0 Å². The zero-order valence-corrected chi connectivity index (χ0v) is 10.7. The predicted molar refractivity (Wildman–Crippen MR) is 65.8 cm³/mol. The number of nitrogens with one attached hydrogen (secondary N) is 1. The highest BCUT2D eigenvalue weighted by molar-refractivity contribution is 9.10. The SMILES string of the molecule is COc1c(Br)ccc(N)c1C1C=C(C)NO1. The van der Waals surface area contributed by atoms with Crippen LogP contribution in [0.25, 0.3) is 0 Å². The highest BCUT2D eigenvalue weighted by atomic mass is 79.9. The molecular weight excluding hydrogens is 272 g/mol. The summed E-state index contributed by atoms with van der Waals surface area (Å²) < 4.78 is 6.20. The van der Waals surface area contributed by atoms with E-state index in [1.165, 1.54) is 0 Å². The molecule has 5 heteroatoms. The Morgan fingerprint density at radius 2 is 2.25 bits per heavy atom. The molecule has 0 spiro atoms. The molecule has 2 rings (SSSR count). The molecule has 4 nitrogen and oxygen atoms in total. The standard InChI is InChI=1S/C11H13BrN2O2/c1-6-5-9(16-14-6)10-8(13)4-3-7(12)11(10)15-2/h3-5,9,14H,13H2,1-2H3. The van der Waals surface area contributed by atoms with Gasteiger partial charge in [-0.3, -0.25) is 10.3 Å². The third-order valence-electron chi connectivity index (χ3n) is 2.42. The van der Waals surface area contributed by atoms with Crippen LogP contribution in [0, 0.1) is 0 Å². The zero-order valence-electron chi connectivity index (χ0n) is 9.08. The Kier molecular flexibility index (Phi) is 3.07. The second-order valence-electron chi connectivity index (χ2n) is 3.57. The minimum Gasteiger partial charge on any atom is -0.495 e. The Morgan fingerprint density at radius 3 is 2.81 bits per heavy atom. The third-order valence-corrected chi connectivity index (χ3v) is 3.04. The smallest absolute Gasteiger partial charge is 0.141 e. The fourth-order valence-electron chi connectivity index (χ4n) is 1.68. The molecule has 0 saturated carbocycles. The second-order valence-corrected chi connectivity index (χ2v) is 4.43. The molecule has 1 aliphatic heterocycles. The van der Waals surface area contributed by atoms with Crippen LogP contribution < -0.4 is 16.0 Å². The van der Waals surface area contributed by atoms with Crippen LogP contribution in [0.15, 0.2) is 28.4 Å². The summed E-state index contributed by atoms with van der Waals surface area (Å²) in [6.07, 6.45) is 1.74. The maximum absolute atomic E-state index is 5.95. The van der Waals surface area contributed by atoms with Gasteiger partial charge in [-0.2, -0.15) is 0 Å². The van der Waals surface area contributed by atoms with Crippen molar-refractivity contribution in [3.8, 4) is 5.75 Å². The van der Waals surface area contributed by atoms with E-state index in [2.05, 4.69) is 21.4 Å². The zero-order chi connectivity index (χ0) is 11.7. The van der Waals surface area contributed by atoms with Crippen LogP contribution in [0.3, 0.4) is 0 Å². The van der Waals surface area contributed by atoms with Gasteiger partial charge < -0.3 is 10.5 Å². The number of nitrogen functional groups attached to an aromatic ring is 1. The van der Waals surface area contributed by atoms with Crippen molar-refractivity contribution in [2.24, 2.45) is 0 Å². The summed E-state index contributed by atoms with van der Waals surface area (Å²) in [7, 11) is 1.61. The molecule has 0 radical (unpaired) electrons. The summed E-state index contributed by atoms with van der Waals surface area (Å²) in [5.41, 5.74) is 11.2. The van der Waals surface area contributed by atoms with Gasteiger partial charge in [-0.1, -0.05) is 0 Å². The van der Waals surface area contributed by atoms with Gasteiger partial charge in [0.05, 0.1) is 17.1 Å². The number of ether oxygens (including phenoxy) is 1. The van der Waals surface area contributed by atoms with E-state index >= 15 is 0 Å². The fraction of sp³-hybridized carbons (Fsp3) is 0.273. The summed E-state index contributed by atoms with van der Waals surface area (Å²) in [4.78, 5) is 5.41. The number of halogens is 1. The lowest BCUT2D eigenvalue weighted by Gasteiger charge is -2.16. The van der Waals surface area contributed by atoms with Crippen molar-refractivity contribution in [2.45, 2.75) is 13.0 Å². The summed E-state index contributed by atoms with van der Waals surface area (Å²) in [5.74, 6) is 0.706. The van der Waals surface area contributed by atoms with Gasteiger partial charge in [0, 0.05) is 11.4 Å². The summed E-state index contributed by atoms with van der Waals surface area (Å²) in [6.45, 7) is 1.93. The Labute approximate surface area is 102 Å². The second kappa shape index (κ2) is 4.35. The van der Waals surface area contributed by atoms with Crippen molar-refractivity contribution < 1.29 is 9.57 Å². The first-order chi connectivity index (χ1) is 7.63. The van der Waals surface area contributed by atoms with E-state index in [-0.39, 0.29) is 6.10 Å². The lowest BCUT2D eigenvalue weighted by molar-refractivity contribution is 0.0412. The largest absolute Gasteiger partial charge is 0.495 e. The molecule has 0 amide bonds. The molecule has 0 saturated heterocycles. The monoisotopic (exact) mass is 284 g/mol. The van der Waals surface area contributed by atoms with E-state index in [0.29, 0.717) is 11.4 Å². The van der Waals surface area contributed by atoms with Crippen molar-refractivity contribution in [3.63, 3.8) is 0 Å². The number of rotatable bonds is 2. The summed E-state index contributed by atoms with van der Waals surface area (Å²) in [5, 5.41) is 0. The molecule has 1 atom stereocenters. The average molecular weight is 285 g/mol. The lowest BCUT2D eigenvalue weighted by Crippen LogP contribution is -2.09. The van der Waals surface area contributed by atoms with E-state index in [0.717, 1.165) is 15.7 Å². The first-order valence-corrected chi connectivity index (χ1v) is 5.64. The molecular formula is C11H13BrN2O2. The molecule has 1 aromatic rings. The van der Waals surface area contributed by atoms with E-state index in [1.54, 1.807) is 7.11 Å². The van der Waals surface area contributed by atoms with Crippen LogP contribution in [0.2, 0.25) is 0 Å². The van der Waals surface area contributed by atoms with Crippen LogP contribution in [0.5, 0.6) is 5.75 Å². The number of hydroxylamine groups is 1. The lowest BCUT2D eigenvalue weighted by atomic mass is 10.1. The quantitative estimate of drug-likeness (QED) is 0.820. The number of anilines is 1. The maximum atomic E-state index is 5.95. The minimum atomic E-state index is -0.215. The van der Waals surface area contributed by atoms with Crippen molar-refractivity contribution in [3.05, 3.63) is 33.9 Å². The number of methoxy groups -OCH3 is 1. The van der Waals surface area contributed by atoms with Gasteiger partial charge in [0.2, 0.25) is 0 Å². The van der Waals surface area contributed by atoms with Crippen LogP contribution in [-0.4, -0.2) is 7.11 Å². The van der Waals surface area contributed by atoms with Crippen LogP contribution in [-0.2, 0) is 4.84 Å². The summed E-state index contributed by atoms with van der Waals surface area (Å²) in [6, 6.07) is 3.68. The molecule has 1 heterocycles. The predicted octanol–water partition coefficient (Wildman–Crippen LogP) is 2.52. The number of allylic oxidation sites excluding steroid dienone is 1. The molecule has 1 aliphatic rings. The van der Waals surface area contributed by atoms with Gasteiger partial charge in [0.1, 0.15) is 11.9 Å². The van der Waals surface area contributed by atoms with Gasteiger partial charge >= 0.3 is 0 Å². The number of hydrogen-bond donors (Lipinski definition) is 2. The Morgan fingerprint density at radius 1 is 1.50 bits per heavy atom.